The van der Waals surface area contributed by atoms with Crippen molar-refractivity contribution in [1.29, 1.82) is 5.26 Å². The molecule has 3 aromatic rings. The number of benzene rings is 2. The molecular formula is C25H25N3O3. The van der Waals surface area contributed by atoms with Crippen molar-refractivity contribution in [2.75, 3.05) is 13.7 Å². The highest BCUT2D eigenvalue weighted by atomic mass is 16.5. The molecule has 1 aromatic heterocycles. The van der Waals surface area contributed by atoms with Gasteiger partial charge in [0.1, 0.15) is 0 Å². The Kier molecular flexibility index (Phi) is 7.61. The number of nitriles is 1. The molecule has 0 saturated carbocycles. The molecule has 0 spiro atoms. The highest BCUT2D eigenvalue weighted by molar-refractivity contribution is 5.96. The Morgan fingerprint density at radius 2 is 1.87 bits per heavy atom. The van der Waals surface area contributed by atoms with Gasteiger partial charge in [0.2, 0.25) is 5.91 Å². The van der Waals surface area contributed by atoms with Crippen molar-refractivity contribution < 1.29 is 14.3 Å². The Hall–Kier alpha value is -3.85. The van der Waals surface area contributed by atoms with Crippen LogP contribution in [0.3, 0.4) is 0 Å². The van der Waals surface area contributed by atoms with Gasteiger partial charge in [0.25, 0.3) is 0 Å². The summed E-state index contributed by atoms with van der Waals surface area (Å²) in [5.74, 6) is -0.531. The van der Waals surface area contributed by atoms with Gasteiger partial charge in [-0.05, 0) is 17.7 Å². The molecule has 0 aliphatic carbocycles. The van der Waals surface area contributed by atoms with Crippen LogP contribution in [0.4, 0.5) is 0 Å². The summed E-state index contributed by atoms with van der Waals surface area (Å²) in [6.45, 7) is 1.28. The Morgan fingerprint density at radius 1 is 1.13 bits per heavy atom. The number of fused-ring (bicyclic) bond motifs is 1. The van der Waals surface area contributed by atoms with Crippen LogP contribution in [0.1, 0.15) is 24.0 Å². The Labute approximate surface area is 182 Å². The largest absolute Gasteiger partial charge is 0.469 e. The van der Waals surface area contributed by atoms with E-state index in [0.29, 0.717) is 19.5 Å². The molecule has 0 radical (unpaired) electrons. The first kappa shape index (κ1) is 21.8. The van der Waals surface area contributed by atoms with E-state index in [2.05, 4.69) is 6.07 Å². The van der Waals surface area contributed by atoms with Gasteiger partial charge in [-0.1, -0.05) is 48.5 Å². The second-order valence-corrected chi connectivity index (χ2v) is 7.11. The number of nitrogens with zero attached hydrogens (tertiary/aromatic N) is 3. The van der Waals surface area contributed by atoms with Crippen molar-refractivity contribution in [3.63, 3.8) is 0 Å². The van der Waals surface area contributed by atoms with Crippen molar-refractivity contribution in [3.05, 3.63) is 78.0 Å². The van der Waals surface area contributed by atoms with Crippen LogP contribution in [0.15, 0.2) is 66.9 Å². The molecule has 0 fully saturated rings. The number of esters is 1. The van der Waals surface area contributed by atoms with Crippen molar-refractivity contribution in [3.8, 4) is 6.07 Å². The number of carbonyl (C=O) groups is 2. The second-order valence-electron chi connectivity index (χ2n) is 7.11. The molecule has 158 valence electrons. The van der Waals surface area contributed by atoms with Gasteiger partial charge in [-0.25, -0.2) is 0 Å². The van der Waals surface area contributed by atoms with E-state index in [-0.39, 0.29) is 24.8 Å². The van der Waals surface area contributed by atoms with Crippen LogP contribution >= 0.6 is 0 Å². The fourth-order valence-electron chi connectivity index (χ4n) is 3.43. The zero-order chi connectivity index (χ0) is 22.1. The van der Waals surface area contributed by atoms with E-state index in [4.69, 9.17) is 10.00 Å². The number of rotatable bonds is 9. The van der Waals surface area contributed by atoms with Crippen molar-refractivity contribution in [1.82, 2.24) is 9.47 Å². The molecule has 1 amide bonds. The summed E-state index contributed by atoms with van der Waals surface area (Å²) in [5, 5.41) is 9.93. The summed E-state index contributed by atoms with van der Waals surface area (Å²) in [6.07, 6.45) is 5.84. The summed E-state index contributed by atoms with van der Waals surface area (Å²) in [4.78, 5) is 26.2. The number of para-hydroxylation sites is 1. The molecule has 6 nitrogen and oxygen atoms in total. The van der Waals surface area contributed by atoms with Crippen LogP contribution in [0.2, 0.25) is 0 Å². The van der Waals surface area contributed by atoms with E-state index in [1.54, 1.807) is 11.0 Å². The van der Waals surface area contributed by atoms with Gasteiger partial charge in [-0.15, -0.1) is 0 Å². The first-order valence-corrected chi connectivity index (χ1v) is 10.1. The maximum Gasteiger partial charge on any atom is 0.307 e. The van der Waals surface area contributed by atoms with Crippen LogP contribution in [-0.4, -0.2) is 35.0 Å². The number of hydrogen-bond donors (Lipinski definition) is 0. The molecular weight excluding hydrogens is 390 g/mol. The third kappa shape index (κ3) is 5.83. The van der Waals surface area contributed by atoms with Gasteiger partial charge in [-0.2, -0.15) is 5.26 Å². The molecule has 0 atom stereocenters. The van der Waals surface area contributed by atoms with Gasteiger partial charge in [0.15, 0.2) is 0 Å². The molecule has 0 N–H and O–H groups in total. The second kappa shape index (κ2) is 10.8. The third-order valence-electron chi connectivity index (χ3n) is 5.03. The molecule has 0 aliphatic rings. The van der Waals surface area contributed by atoms with Crippen LogP contribution in [0.25, 0.3) is 17.0 Å². The van der Waals surface area contributed by atoms with Gasteiger partial charge in [0.05, 0.1) is 26.0 Å². The monoisotopic (exact) mass is 415 g/mol. The minimum absolute atomic E-state index is 0.135. The molecule has 0 aliphatic heterocycles. The normalized spacial score (nSPS) is 10.8. The maximum absolute atomic E-state index is 13.0. The predicted octanol–water partition coefficient (Wildman–Crippen LogP) is 4.16. The first-order chi connectivity index (χ1) is 15.1. The van der Waals surface area contributed by atoms with E-state index < -0.39 is 0 Å². The molecule has 2 aromatic carbocycles. The number of methoxy groups -OCH3 is 1. The average Bonchev–Trinajstić information content (AvgIpc) is 3.16. The average molecular weight is 415 g/mol. The lowest BCUT2D eigenvalue weighted by Gasteiger charge is -2.21. The zero-order valence-electron chi connectivity index (χ0n) is 17.5. The van der Waals surface area contributed by atoms with Crippen molar-refractivity contribution in [2.45, 2.75) is 25.9 Å². The van der Waals surface area contributed by atoms with Crippen LogP contribution in [-0.2, 0) is 27.4 Å². The summed E-state index contributed by atoms with van der Waals surface area (Å²) in [7, 11) is 1.34. The fraction of sp³-hybridized carbons (Fsp3) is 0.240. The van der Waals surface area contributed by atoms with E-state index in [0.717, 1.165) is 22.0 Å². The first-order valence-electron chi connectivity index (χ1n) is 10.1. The smallest absolute Gasteiger partial charge is 0.307 e. The highest BCUT2D eigenvalue weighted by Gasteiger charge is 2.14. The molecule has 0 bridgehead atoms. The number of ether oxygens (including phenoxy) is 1. The van der Waals surface area contributed by atoms with E-state index in [1.165, 1.54) is 13.2 Å². The molecule has 0 unspecified atom stereocenters. The van der Waals surface area contributed by atoms with Gasteiger partial charge >= 0.3 is 5.97 Å². The maximum atomic E-state index is 13.0. The predicted molar refractivity (Wildman–Crippen MR) is 120 cm³/mol. The molecule has 6 heteroatoms. The van der Waals surface area contributed by atoms with Gasteiger partial charge in [0, 0.05) is 48.4 Å². The number of hydrogen-bond acceptors (Lipinski definition) is 4. The fourth-order valence-corrected chi connectivity index (χ4v) is 3.43. The quantitative estimate of drug-likeness (QED) is 0.388. The Balaban J connectivity index is 1.81. The molecule has 31 heavy (non-hydrogen) atoms. The SMILES string of the molecule is COC(=O)CCN(Cc1ccccc1)C(=O)/C=C/c1cn(CCC#N)c2ccccc12. The summed E-state index contributed by atoms with van der Waals surface area (Å²) in [6, 6.07) is 19.7. The number of carbonyl (C=O) groups excluding carboxylic acids is 2. The van der Waals surface area contributed by atoms with Crippen LogP contribution in [0, 0.1) is 11.3 Å². The van der Waals surface area contributed by atoms with Gasteiger partial charge < -0.3 is 14.2 Å². The Morgan fingerprint density at radius 3 is 2.61 bits per heavy atom. The topological polar surface area (TPSA) is 75.3 Å². The van der Waals surface area contributed by atoms with Crippen LogP contribution < -0.4 is 0 Å². The minimum Gasteiger partial charge on any atom is -0.469 e. The van der Waals surface area contributed by atoms with Crippen molar-refractivity contribution in [2.24, 2.45) is 0 Å². The molecule has 3 rings (SSSR count). The highest BCUT2D eigenvalue weighted by Crippen LogP contribution is 2.23. The third-order valence-corrected chi connectivity index (χ3v) is 5.03. The molecule has 0 saturated heterocycles. The van der Waals surface area contributed by atoms with Crippen LogP contribution in [0.5, 0.6) is 0 Å². The summed E-state index contributed by atoms with van der Waals surface area (Å²) >= 11 is 0. The molecule has 1 heterocycles. The van der Waals surface area contributed by atoms with E-state index >= 15 is 0 Å². The Bertz CT molecular complexity index is 1110. The number of aryl methyl sites for hydroxylation is 1. The zero-order valence-corrected chi connectivity index (χ0v) is 17.5. The minimum atomic E-state index is -0.351. The standard InChI is InChI=1S/C25H25N3O3/c1-31-25(30)14-17-28(18-20-8-3-2-4-9-20)24(29)13-12-21-19-27(16-7-15-26)23-11-6-5-10-22(21)23/h2-6,8-13,19H,7,14,16-18H2,1H3/b13-12+. The van der Waals surface area contributed by atoms with Crippen molar-refractivity contribution >= 4 is 28.9 Å². The number of aromatic nitrogens is 1. The van der Waals surface area contributed by atoms with E-state index in [9.17, 15) is 9.59 Å². The summed E-state index contributed by atoms with van der Waals surface area (Å²) < 4.78 is 6.75. The number of amides is 1. The van der Waals surface area contributed by atoms with Gasteiger partial charge in [-0.3, -0.25) is 9.59 Å². The lowest BCUT2D eigenvalue weighted by atomic mass is 10.1. The van der Waals surface area contributed by atoms with E-state index in [1.807, 2.05) is 65.4 Å². The lowest BCUT2D eigenvalue weighted by molar-refractivity contribution is -0.141. The lowest BCUT2D eigenvalue weighted by Crippen LogP contribution is -2.31. The summed E-state index contributed by atoms with van der Waals surface area (Å²) in [5.41, 5.74) is 2.92.